The Morgan fingerprint density at radius 1 is 0.757 bits per heavy atom. The van der Waals surface area contributed by atoms with Crippen molar-refractivity contribution in [3.8, 4) is 0 Å². The van der Waals surface area contributed by atoms with Gasteiger partial charge in [0.05, 0.1) is 25.4 Å². The number of carbonyl (C=O) groups is 2. The van der Waals surface area contributed by atoms with Crippen LogP contribution >= 0.6 is 0 Å². The number of aryl methyl sites for hydroxylation is 1. The molecule has 0 spiro atoms. The number of ether oxygens (including phenoxy) is 2. The molecule has 2 heterocycles. The predicted octanol–water partition coefficient (Wildman–Crippen LogP) is 3.82. The van der Waals surface area contributed by atoms with Gasteiger partial charge >= 0.3 is 0 Å². The van der Waals surface area contributed by atoms with E-state index in [1.807, 2.05) is 61.5 Å². The van der Waals surface area contributed by atoms with E-state index in [1.165, 1.54) is 0 Å². The molecule has 3 aromatic rings. The summed E-state index contributed by atoms with van der Waals surface area (Å²) in [6.07, 6.45) is -0.349. The van der Waals surface area contributed by atoms with Gasteiger partial charge in [-0.05, 0) is 47.9 Å². The fourth-order valence-electron chi connectivity index (χ4n) is 4.72. The highest BCUT2D eigenvalue weighted by atomic mass is 16.5. The Labute approximate surface area is 216 Å². The fraction of sp³-hybridized carbons (Fsp3) is 0.310. The Hall–Kier alpha value is -3.56. The van der Waals surface area contributed by atoms with Crippen LogP contribution in [0.15, 0.2) is 66.7 Å². The summed E-state index contributed by atoms with van der Waals surface area (Å²) < 4.78 is 11.8. The molecule has 3 aromatic carbocycles. The highest BCUT2D eigenvalue weighted by molar-refractivity contribution is 6.08. The van der Waals surface area contributed by atoms with Gasteiger partial charge in [0.2, 0.25) is 0 Å². The first kappa shape index (κ1) is 25.1. The molecule has 37 heavy (non-hydrogen) atoms. The van der Waals surface area contributed by atoms with Gasteiger partial charge in [0.25, 0.3) is 11.8 Å². The molecule has 0 aromatic heterocycles. The van der Waals surface area contributed by atoms with Gasteiger partial charge in [0.1, 0.15) is 0 Å². The number of rotatable bonds is 6. The molecule has 2 atom stereocenters. The number of benzene rings is 3. The van der Waals surface area contributed by atoms with Crippen LogP contribution in [0.2, 0.25) is 0 Å². The summed E-state index contributed by atoms with van der Waals surface area (Å²) in [4.78, 5) is 26.6. The first-order valence-corrected chi connectivity index (χ1v) is 12.7. The van der Waals surface area contributed by atoms with Crippen LogP contribution in [0.3, 0.4) is 0 Å². The molecule has 2 saturated heterocycles. The van der Waals surface area contributed by atoms with Crippen LogP contribution in [0, 0.1) is 6.92 Å². The van der Waals surface area contributed by atoms with Gasteiger partial charge in [-0.15, -0.1) is 0 Å². The predicted molar refractivity (Wildman–Crippen MR) is 143 cm³/mol. The third kappa shape index (κ3) is 5.89. The second kappa shape index (κ2) is 11.7. The number of morpholine rings is 2. The van der Waals surface area contributed by atoms with E-state index >= 15 is 0 Å². The van der Waals surface area contributed by atoms with Gasteiger partial charge < -0.3 is 30.7 Å². The maximum atomic E-state index is 13.3. The largest absolute Gasteiger partial charge is 0.371 e. The lowest BCUT2D eigenvalue weighted by atomic mass is 10.00. The second-order valence-corrected chi connectivity index (χ2v) is 9.24. The molecule has 8 heteroatoms. The van der Waals surface area contributed by atoms with Crippen molar-refractivity contribution in [1.29, 1.82) is 0 Å². The van der Waals surface area contributed by atoms with Crippen LogP contribution in [0.5, 0.6) is 0 Å². The van der Waals surface area contributed by atoms with Crippen molar-refractivity contribution in [3.63, 3.8) is 0 Å². The molecule has 192 valence electrons. The third-order valence-corrected chi connectivity index (χ3v) is 6.70. The summed E-state index contributed by atoms with van der Waals surface area (Å²) in [7, 11) is 0. The Kier molecular flexibility index (Phi) is 7.91. The third-order valence-electron chi connectivity index (χ3n) is 6.70. The minimum absolute atomic E-state index is 0.174. The number of nitrogens with one attached hydrogen (secondary N) is 4. The second-order valence-electron chi connectivity index (χ2n) is 9.24. The lowest BCUT2D eigenvalue weighted by Gasteiger charge is -2.25. The molecule has 2 unspecified atom stereocenters. The molecule has 2 aliphatic heterocycles. The van der Waals surface area contributed by atoms with Gasteiger partial charge in [-0.1, -0.05) is 42.5 Å². The van der Waals surface area contributed by atoms with E-state index in [9.17, 15) is 9.59 Å². The first-order valence-electron chi connectivity index (χ1n) is 12.7. The summed E-state index contributed by atoms with van der Waals surface area (Å²) in [5.41, 5.74) is 4.96. The maximum Gasteiger partial charge on any atom is 0.256 e. The Morgan fingerprint density at radius 2 is 1.30 bits per heavy atom. The number of anilines is 2. The Bertz CT molecular complexity index is 1270. The molecule has 0 radical (unpaired) electrons. The minimum atomic E-state index is -0.224. The van der Waals surface area contributed by atoms with E-state index in [-0.39, 0.29) is 24.0 Å². The van der Waals surface area contributed by atoms with Crippen molar-refractivity contribution in [3.05, 3.63) is 94.5 Å². The zero-order valence-electron chi connectivity index (χ0n) is 20.9. The van der Waals surface area contributed by atoms with Crippen LogP contribution in [0.4, 0.5) is 11.4 Å². The minimum Gasteiger partial charge on any atom is -0.371 e. The summed E-state index contributed by atoms with van der Waals surface area (Å²) >= 11 is 0. The molecule has 4 N–H and O–H groups in total. The van der Waals surface area contributed by atoms with Crippen molar-refractivity contribution >= 4 is 23.2 Å². The van der Waals surface area contributed by atoms with Crippen LogP contribution < -0.4 is 21.3 Å². The van der Waals surface area contributed by atoms with Crippen LogP contribution in [0.1, 0.15) is 49.6 Å². The average Bonchev–Trinajstić information content (AvgIpc) is 2.95. The van der Waals surface area contributed by atoms with Crippen molar-refractivity contribution in [1.82, 2.24) is 10.6 Å². The molecular weight excluding hydrogens is 468 g/mol. The van der Waals surface area contributed by atoms with Crippen molar-refractivity contribution in [2.45, 2.75) is 19.1 Å². The Morgan fingerprint density at radius 3 is 1.84 bits per heavy atom. The number of hydrogen-bond donors (Lipinski definition) is 4. The van der Waals surface area contributed by atoms with Gasteiger partial charge in [-0.25, -0.2) is 0 Å². The summed E-state index contributed by atoms with van der Waals surface area (Å²) in [6.45, 7) is 6.06. The molecule has 2 aliphatic rings. The molecular formula is C29H32N4O4. The fourth-order valence-corrected chi connectivity index (χ4v) is 4.72. The monoisotopic (exact) mass is 500 g/mol. The Balaban J connectivity index is 1.33. The van der Waals surface area contributed by atoms with E-state index in [1.54, 1.807) is 12.1 Å². The smallest absolute Gasteiger partial charge is 0.256 e. The highest BCUT2D eigenvalue weighted by Gasteiger charge is 2.23. The van der Waals surface area contributed by atoms with Gasteiger partial charge in [-0.3, -0.25) is 9.59 Å². The molecule has 0 aliphatic carbocycles. The SMILES string of the molecule is Cc1ccc(NC(=O)c2ccccc2C2CNCCO2)cc1NC(=O)c1ccccc1C1CNCCO1. The van der Waals surface area contributed by atoms with Crippen LogP contribution in [0.25, 0.3) is 0 Å². The normalized spacial score (nSPS) is 19.7. The van der Waals surface area contributed by atoms with Crippen molar-refractivity contribution < 1.29 is 19.1 Å². The molecule has 2 amide bonds. The van der Waals surface area contributed by atoms with Gasteiger partial charge in [-0.2, -0.15) is 0 Å². The quantitative estimate of drug-likeness (QED) is 0.411. The summed E-state index contributed by atoms with van der Waals surface area (Å²) in [6, 6.07) is 20.5. The molecule has 2 fully saturated rings. The van der Waals surface area contributed by atoms with E-state index in [4.69, 9.17) is 9.47 Å². The summed E-state index contributed by atoms with van der Waals surface area (Å²) in [5.74, 6) is -0.443. The van der Waals surface area contributed by atoms with Crippen molar-refractivity contribution in [2.24, 2.45) is 0 Å². The van der Waals surface area contributed by atoms with Crippen molar-refractivity contribution in [2.75, 3.05) is 50.0 Å². The van der Waals surface area contributed by atoms with E-state index < -0.39 is 0 Å². The summed E-state index contributed by atoms with van der Waals surface area (Å²) in [5, 5.41) is 12.6. The van der Waals surface area contributed by atoms with E-state index in [0.29, 0.717) is 48.8 Å². The zero-order chi connectivity index (χ0) is 25.6. The zero-order valence-corrected chi connectivity index (χ0v) is 20.9. The lowest BCUT2D eigenvalue weighted by molar-refractivity contribution is 0.0271. The standard InChI is InChI=1S/C29H32N4O4/c1-19-10-11-20(32-28(34)23-8-4-2-6-21(23)26-17-30-12-14-36-26)16-25(19)33-29(35)24-9-5-3-7-22(24)27-18-31-13-15-37-27/h2-11,16,26-27,30-31H,12-15,17-18H2,1H3,(H,32,34)(H,33,35). The van der Waals surface area contributed by atoms with E-state index in [0.717, 1.165) is 29.8 Å². The van der Waals surface area contributed by atoms with Gasteiger partial charge in [0.15, 0.2) is 0 Å². The average molecular weight is 501 g/mol. The number of hydrogen-bond acceptors (Lipinski definition) is 6. The molecule has 8 nitrogen and oxygen atoms in total. The van der Waals surface area contributed by atoms with Gasteiger partial charge in [0, 0.05) is 48.7 Å². The number of amides is 2. The topological polar surface area (TPSA) is 101 Å². The molecule has 0 bridgehead atoms. The first-order chi connectivity index (χ1) is 18.1. The molecule has 5 rings (SSSR count). The maximum absolute atomic E-state index is 13.3. The van der Waals surface area contributed by atoms with Crippen LogP contribution in [-0.4, -0.2) is 51.2 Å². The number of carbonyl (C=O) groups excluding carboxylic acids is 2. The molecule has 0 saturated carbocycles. The van der Waals surface area contributed by atoms with Crippen LogP contribution in [-0.2, 0) is 9.47 Å². The van der Waals surface area contributed by atoms with E-state index in [2.05, 4.69) is 21.3 Å². The lowest BCUT2D eigenvalue weighted by Crippen LogP contribution is -2.34. The highest BCUT2D eigenvalue weighted by Crippen LogP contribution is 2.27.